The normalized spacial score (nSPS) is 17.2. The molecule has 5 rings (SSSR count). The highest BCUT2D eigenvalue weighted by Crippen LogP contribution is 2.30. The summed E-state index contributed by atoms with van der Waals surface area (Å²) in [5.41, 5.74) is 3.50. The summed E-state index contributed by atoms with van der Waals surface area (Å²) in [7, 11) is 0. The molecule has 190 valence electrons. The topological polar surface area (TPSA) is 108 Å². The second-order valence-electron chi connectivity index (χ2n) is 10.9. The van der Waals surface area contributed by atoms with E-state index in [1.54, 1.807) is 6.07 Å². The molecular weight excluding hydrogens is 454 g/mol. The second kappa shape index (κ2) is 9.79. The van der Waals surface area contributed by atoms with Crippen LogP contribution >= 0.6 is 0 Å². The lowest BCUT2D eigenvalue weighted by atomic mass is 9.95. The monoisotopic (exact) mass is 489 g/mol. The van der Waals surface area contributed by atoms with E-state index in [0.717, 1.165) is 47.3 Å². The minimum Gasteiger partial charge on any atom is -0.339 e. The first kappa shape index (κ1) is 24.1. The van der Waals surface area contributed by atoms with Crippen molar-refractivity contribution in [3.63, 3.8) is 0 Å². The number of aromatic nitrogens is 4. The van der Waals surface area contributed by atoms with Gasteiger partial charge >= 0.3 is 6.03 Å². The molecule has 0 bridgehead atoms. The summed E-state index contributed by atoms with van der Waals surface area (Å²) in [6.45, 7) is 7.17. The zero-order chi connectivity index (χ0) is 25.3. The molecule has 36 heavy (non-hydrogen) atoms. The fourth-order valence-electron chi connectivity index (χ4n) is 5.07. The lowest BCUT2D eigenvalue weighted by molar-refractivity contribution is 0.193. The van der Waals surface area contributed by atoms with E-state index >= 15 is 0 Å². The predicted octanol–water partition coefficient (Wildman–Crippen LogP) is 4.97. The van der Waals surface area contributed by atoms with Crippen LogP contribution < -0.4 is 16.2 Å². The molecule has 0 spiro atoms. The molecule has 1 aliphatic heterocycles. The third-order valence-electron chi connectivity index (χ3n) is 6.92. The van der Waals surface area contributed by atoms with Crippen LogP contribution in [-0.4, -0.2) is 49.1 Å². The molecule has 1 fully saturated rings. The van der Waals surface area contributed by atoms with E-state index in [-0.39, 0.29) is 23.2 Å². The van der Waals surface area contributed by atoms with Gasteiger partial charge in [-0.05, 0) is 57.7 Å². The molecule has 0 saturated heterocycles. The van der Waals surface area contributed by atoms with Gasteiger partial charge in [0.15, 0.2) is 0 Å². The Kier molecular flexibility index (Phi) is 6.55. The van der Waals surface area contributed by atoms with Crippen molar-refractivity contribution in [2.24, 2.45) is 0 Å². The standard InChI is InChI=1S/C27H35N7O2/c1-27(2,3)32-26(36)33-13-11-18(12-14-33)22-15-21-24(28-17-29-25(21)31-22)30-19-9-10-23(35)34(16-19)20-7-5-4-6-8-20/h9-11,15-17,20H,4-8,12-14H2,1-3H3,(H,32,36)(H2,28,29,30,31). The molecular formula is C27H35N7O2. The first-order chi connectivity index (χ1) is 17.3. The number of hydrogen-bond donors (Lipinski definition) is 3. The molecule has 2 amide bonds. The van der Waals surface area contributed by atoms with Crippen molar-refractivity contribution in [2.45, 2.75) is 70.9 Å². The number of carbonyl (C=O) groups is 1. The Morgan fingerprint density at radius 3 is 2.67 bits per heavy atom. The van der Waals surface area contributed by atoms with Gasteiger partial charge in [0.05, 0.1) is 11.1 Å². The quantitative estimate of drug-likeness (QED) is 0.480. The Hall–Kier alpha value is -3.62. The summed E-state index contributed by atoms with van der Waals surface area (Å²) in [6.07, 6.45) is 12.0. The minimum absolute atomic E-state index is 0.0404. The van der Waals surface area contributed by atoms with Crippen LogP contribution in [0.25, 0.3) is 16.6 Å². The first-order valence-electron chi connectivity index (χ1n) is 12.9. The van der Waals surface area contributed by atoms with E-state index in [9.17, 15) is 9.59 Å². The van der Waals surface area contributed by atoms with E-state index in [0.29, 0.717) is 18.9 Å². The Morgan fingerprint density at radius 1 is 1.14 bits per heavy atom. The van der Waals surface area contributed by atoms with E-state index in [1.165, 1.54) is 25.6 Å². The molecule has 0 atom stereocenters. The van der Waals surface area contributed by atoms with Gasteiger partial charge in [-0.3, -0.25) is 4.79 Å². The number of pyridine rings is 1. The van der Waals surface area contributed by atoms with Gasteiger partial charge in [0.25, 0.3) is 5.56 Å². The summed E-state index contributed by atoms with van der Waals surface area (Å²) in [5, 5.41) is 7.31. The summed E-state index contributed by atoms with van der Waals surface area (Å²) in [6, 6.07) is 5.73. The molecule has 3 aromatic heterocycles. The molecule has 0 aromatic carbocycles. The second-order valence-corrected chi connectivity index (χ2v) is 10.9. The van der Waals surface area contributed by atoms with Crippen molar-refractivity contribution in [3.05, 3.63) is 52.8 Å². The Balaban J connectivity index is 1.35. The van der Waals surface area contributed by atoms with Crippen LogP contribution in [0.5, 0.6) is 0 Å². The summed E-state index contributed by atoms with van der Waals surface area (Å²) >= 11 is 0. The smallest absolute Gasteiger partial charge is 0.318 e. The maximum absolute atomic E-state index is 12.5. The van der Waals surface area contributed by atoms with Crippen LogP contribution in [0.3, 0.4) is 0 Å². The van der Waals surface area contributed by atoms with Crippen LogP contribution in [-0.2, 0) is 0 Å². The fourth-order valence-corrected chi connectivity index (χ4v) is 5.07. The van der Waals surface area contributed by atoms with E-state index in [2.05, 4.69) is 37.7 Å². The number of fused-ring (bicyclic) bond motifs is 1. The Bertz CT molecular complexity index is 1340. The number of rotatable bonds is 4. The number of urea groups is 1. The number of nitrogens with zero attached hydrogens (tertiary/aromatic N) is 4. The highest BCUT2D eigenvalue weighted by molar-refractivity contribution is 5.92. The lowest BCUT2D eigenvalue weighted by Gasteiger charge is -2.30. The van der Waals surface area contributed by atoms with Gasteiger partial charge in [0.1, 0.15) is 17.8 Å². The predicted molar refractivity (Wildman–Crippen MR) is 142 cm³/mol. The van der Waals surface area contributed by atoms with Crippen molar-refractivity contribution in [3.8, 4) is 0 Å². The van der Waals surface area contributed by atoms with Crippen molar-refractivity contribution in [1.82, 2.24) is 29.7 Å². The summed E-state index contributed by atoms with van der Waals surface area (Å²) < 4.78 is 1.87. The number of H-pyrrole nitrogens is 1. The number of amides is 2. The first-order valence-corrected chi connectivity index (χ1v) is 12.9. The largest absolute Gasteiger partial charge is 0.339 e. The van der Waals surface area contributed by atoms with Crippen LogP contribution in [0.2, 0.25) is 0 Å². The summed E-state index contributed by atoms with van der Waals surface area (Å²) in [5.74, 6) is 0.693. The Morgan fingerprint density at radius 2 is 1.94 bits per heavy atom. The van der Waals surface area contributed by atoms with Gasteiger partial charge < -0.3 is 25.1 Å². The highest BCUT2D eigenvalue weighted by Gasteiger charge is 2.23. The van der Waals surface area contributed by atoms with E-state index < -0.39 is 0 Å². The van der Waals surface area contributed by atoms with Gasteiger partial charge in [-0.25, -0.2) is 14.8 Å². The van der Waals surface area contributed by atoms with Crippen LogP contribution in [0.1, 0.15) is 71.0 Å². The van der Waals surface area contributed by atoms with Crippen molar-refractivity contribution in [1.29, 1.82) is 0 Å². The average molecular weight is 490 g/mol. The van der Waals surface area contributed by atoms with Gasteiger partial charge in [0.2, 0.25) is 0 Å². The number of aromatic amines is 1. The number of nitrogens with one attached hydrogen (secondary N) is 3. The molecule has 2 aliphatic rings. The highest BCUT2D eigenvalue weighted by atomic mass is 16.2. The van der Waals surface area contributed by atoms with Gasteiger partial charge in [-0.15, -0.1) is 0 Å². The minimum atomic E-state index is -0.260. The molecule has 9 heteroatoms. The molecule has 1 aliphatic carbocycles. The molecule has 3 aromatic rings. The molecule has 0 radical (unpaired) electrons. The third-order valence-corrected chi connectivity index (χ3v) is 6.92. The average Bonchev–Trinajstić information content (AvgIpc) is 3.30. The molecule has 3 N–H and O–H groups in total. The van der Waals surface area contributed by atoms with Crippen molar-refractivity contribution >= 4 is 34.1 Å². The molecule has 1 saturated carbocycles. The van der Waals surface area contributed by atoms with Gasteiger partial charge in [-0.2, -0.15) is 0 Å². The molecule has 9 nitrogen and oxygen atoms in total. The SMILES string of the molecule is CC(C)(C)NC(=O)N1CC=C(c2cc3c(Nc4ccc(=O)n(C5CCCCC5)c4)ncnc3[nH]2)CC1. The number of hydrogen-bond acceptors (Lipinski definition) is 5. The van der Waals surface area contributed by atoms with Crippen LogP contribution in [0.15, 0.2) is 41.6 Å². The van der Waals surface area contributed by atoms with Gasteiger partial charge in [0, 0.05) is 42.6 Å². The molecule has 0 unspecified atom stereocenters. The zero-order valence-corrected chi connectivity index (χ0v) is 21.3. The maximum Gasteiger partial charge on any atom is 0.318 e. The van der Waals surface area contributed by atoms with E-state index in [4.69, 9.17) is 0 Å². The summed E-state index contributed by atoms with van der Waals surface area (Å²) in [4.78, 5) is 39.2. The van der Waals surface area contributed by atoms with Crippen LogP contribution in [0, 0.1) is 0 Å². The third kappa shape index (κ3) is 5.29. The lowest BCUT2D eigenvalue weighted by Crippen LogP contribution is -2.49. The molecule has 4 heterocycles. The number of carbonyl (C=O) groups excluding carboxylic acids is 1. The fraction of sp³-hybridized carbons (Fsp3) is 0.481. The van der Waals surface area contributed by atoms with Crippen molar-refractivity contribution < 1.29 is 4.79 Å². The Labute approximate surface area is 211 Å². The van der Waals surface area contributed by atoms with Crippen molar-refractivity contribution in [2.75, 3.05) is 18.4 Å². The maximum atomic E-state index is 12.5. The number of anilines is 2. The van der Waals surface area contributed by atoms with E-state index in [1.807, 2.05) is 42.5 Å². The van der Waals surface area contributed by atoms with Crippen LogP contribution in [0.4, 0.5) is 16.3 Å². The van der Waals surface area contributed by atoms with Gasteiger partial charge in [-0.1, -0.05) is 25.3 Å². The zero-order valence-electron chi connectivity index (χ0n) is 21.3.